The van der Waals surface area contributed by atoms with Crippen LogP contribution in [-0.2, 0) is 18.4 Å². The largest absolute Gasteiger partial charge is 0.472 e. The molecule has 0 aromatic carbocycles. The van der Waals surface area contributed by atoms with Crippen LogP contribution < -0.4 is 5.32 Å². The molecule has 0 aliphatic rings. The Morgan fingerprint density at radius 2 is 0.900 bits per heavy atom. The first-order valence-corrected chi connectivity index (χ1v) is 27.2. The summed E-state index contributed by atoms with van der Waals surface area (Å²) in [6.45, 7) is 4.84. The predicted octanol–water partition coefficient (Wildman–Crippen LogP) is 14.9. The number of aliphatic hydroxyl groups is 1. The fraction of sp³-hybridized carbons (Fsp3) is 0.902. The van der Waals surface area contributed by atoms with Crippen molar-refractivity contribution in [2.24, 2.45) is 0 Å². The number of quaternary nitrogens is 1. The minimum absolute atomic E-state index is 0.0620. The maximum atomic E-state index is 12.9. The molecule has 60 heavy (non-hydrogen) atoms. The standard InChI is InChI=1S/C51H101N2O6P/c1-6-8-10-12-14-16-18-20-22-24-25-26-27-29-31-33-35-37-39-41-43-45-51(55)52-49(48-59-60(56,57)58-47-46-53(3,4)5)50(54)44-42-40-38-36-34-32-30-28-23-21-19-17-15-13-11-9-7-2/h26-27,42,44,49-50,54H,6-25,28-41,43,45-48H2,1-5H3,(H-,52,55,56,57)/p+1/b27-26-,44-42+. The molecule has 3 unspecified atom stereocenters. The number of carbonyl (C=O) groups is 1. The highest BCUT2D eigenvalue weighted by atomic mass is 31.2. The maximum Gasteiger partial charge on any atom is 0.472 e. The zero-order valence-corrected chi connectivity index (χ0v) is 41.4. The fourth-order valence-electron chi connectivity index (χ4n) is 7.57. The molecule has 0 rings (SSSR count). The number of unbranched alkanes of at least 4 members (excludes halogenated alkanes) is 32. The van der Waals surface area contributed by atoms with Crippen LogP contribution >= 0.6 is 7.82 Å². The molecule has 0 saturated heterocycles. The van der Waals surface area contributed by atoms with Crippen molar-refractivity contribution >= 4 is 13.7 Å². The SMILES string of the molecule is CCCCCCCCCCCC/C=C\CCCCCCCCCC(=O)NC(COP(=O)(O)OCC[N+](C)(C)C)C(O)/C=C/CCCCCCCCCCCCCCCCC. The van der Waals surface area contributed by atoms with Crippen molar-refractivity contribution in [2.45, 2.75) is 257 Å². The molecule has 0 heterocycles. The van der Waals surface area contributed by atoms with Crippen molar-refractivity contribution in [3.8, 4) is 0 Å². The molecule has 0 aliphatic carbocycles. The normalized spacial score (nSPS) is 14.3. The van der Waals surface area contributed by atoms with E-state index in [0.717, 1.165) is 38.5 Å². The summed E-state index contributed by atoms with van der Waals surface area (Å²) < 4.78 is 23.6. The van der Waals surface area contributed by atoms with E-state index in [-0.39, 0.29) is 19.1 Å². The van der Waals surface area contributed by atoms with Crippen LogP contribution in [0, 0.1) is 0 Å². The monoisotopic (exact) mass is 870 g/mol. The lowest BCUT2D eigenvalue weighted by atomic mass is 10.0. The van der Waals surface area contributed by atoms with Crippen LogP contribution in [0.15, 0.2) is 24.3 Å². The molecule has 1 amide bonds. The summed E-state index contributed by atoms with van der Waals surface area (Å²) >= 11 is 0. The summed E-state index contributed by atoms with van der Waals surface area (Å²) in [7, 11) is 1.58. The molecule has 0 aromatic heterocycles. The highest BCUT2D eigenvalue weighted by Gasteiger charge is 2.27. The molecular weight excluding hydrogens is 768 g/mol. The van der Waals surface area contributed by atoms with E-state index in [0.29, 0.717) is 17.4 Å². The van der Waals surface area contributed by atoms with Gasteiger partial charge in [-0.15, -0.1) is 0 Å². The summed E-state index contributed by atoms with van der Waals surface area (Å²) in [6.07, 6.45) is 52.5. The average molecular weight is 870 g/mol. The molecule has 0 aromatic rings. The Balaban J connectivity index is 4.30. The van der Waals surface area contributed by atoms with Gasteiger partial charge < -0.3 is 19.8 Å². The van der Waals surface area contributed by atoms with Gasteiger partial charge in [0.25, 0.3) is 0 Å². The van der Waals surface area contributed by atoms with E-state index < -0.39 is 20.0 Å². The van der Waals surface area contributed by atoms with Crippen LogP contribution in [0.1, 0.15) is 245 Å². The van der Waals surface area contributed by atoms with Crippen molar-refractivity contribution in [3.63, 3.8) is 0 Å². The van der Waals surface area contributed by atoms with Gasteiger partial charge in [0, 0.05) is 6.42 Å². The number of nitrogens with one attached hydrogen (secondary N) is 1. The van der Waals surface area contributed by atoms with Crippen LogP contribution in [0.25, 0.3) is 0 Å². The van der Waals surface area contributed by atoms with E-state index in [1.807, 2.05) is 27.2 Å². The van der Waals surface area contributed by atoms with Crippen molar-refractivity contribution in [1.82, 2.24) is 5.32 Å². The summed E-state index contributed by atoms with van der Waals surface area (Å²) in [5.41, 5.74) is 0. The van der Waals surface area contributed by atoms with Gasteiger partial charge in [-0.05, 0) is 44.9 Å². The first-order chi connectivity index (χ1) is 29.0. The first-order valence-electron chi connectivity index (χ1n) is 25.7. The Morgan fingerprint density at radius 1 is 0.550 bits per heavy atom. The van der Waals surface area contributed by atoms with Gasteiger partial charge in [0.2, 0.25) is 5.91 Å². The topological polar surface area (TPSA) is 105 Å². The van der Waals surface area contributed by atoms with E-state index in [9.17, 15) is 19.4 Å². The molecule has 0 aliphatic heterocycles. The molecule has 356 valence electrons. The molecular formula is C51H102N2O6P+. The van der Waals surface area contributed by atoms with E-state index in [1.54, 1.807) is 6.08 Å². The quantitative estimate of drug-likeness (QED) is 0.0243. The van der Waals surface area contributed by atoms with E-state index in [4.69, 9.17) is 9.05 Å². The van der Waals surface area contributed by atoms with Crippen molar-refractivity contribution in [2.75, 3.05) is 40.9 Å². The van der Waals surface area contributed by atoms with Gasteiger partial charge in [-0.25, -0.2) is 4.57 Å². The number of hydrogen-bond donors (Lipinski definition) is 3. The van der Waals surface area contributed by atoms with Gasteiger partial charge in [0.1, 0.15) is 13.2 Å². The lowest BCUT2D eigenvalue weighted by Gasteiger charge is -2.25. The molecule has 9 heteroatoms. The minimum atomic E-state index is -4.34. The van der Waals surface area contributed by atoms with Gasteiger partial charge in [0.05, 0.1) is 39.9 Å². The fourth-order valence-corrected chi connectivity index (χ4v) is 8.30. The molecule has 3 N–H and O–H groups in total. The van der Waals surface area contributed by atoms with Gasteiger partial charge in [-0.2, -0.15) is 0 Å². The highest BCUT2D eigenvalue weighted by molar-refractivity contribution is 7.47. The van der Waals surface area contributed by atoms with Crippen molar-refractivity contribution in [1.29, 1.82) is 0 Å². The number of allylic oxidation sites excluding steroid dienone is 3. The number of amides is 1. The third kappa shape index (κ3) is 45.0. The molecule has 3 atom stereocenters. The highest BCUT2D eigenvalue weighted by Crippen LogP contribution is 2.43. The summed E-state index contributed by atoms with van der Waals surface area (Å²) in [5, 5.41) is 13.9. The smallest absolute Gasteiger partial charge is 0.387 e. The van der Waals surface area contributed by atoms with Gasteiger partial charge in [0.15, 0.2) is 0 Å². The number of phosphoric acid groups is 1. The number of phosphoric ester groups is 1. The zero-order valence-electron chi connectivity index (χ0n) is 40.5. The number of hydrogen-bond acceptors (Lipinski definition) is 5. The van der Waals surface area contributed by atoms with Crippen LogP contribution in [0.3, 0.4) is 0 Å². The van der Waals surface area contributed by atoms with E-state index >= 15 is 0 Å². The molecule has 0 bridgehead atoms. The Labute approximate surface area is 373 Å². The van der Waals surface area contributed by atoms with E-state index in [2.05, 4.69) is 31.3 Å². The van der Waals surface area contributed by atoms with Crippen molar-refractivity contribution < 1.29 is 32.9 Å². The molecule has 0 radical (unpaired) electrons. The Kier molecular flexibility index (Phi) is 42.5. The van der Waals surface area contributed by atoms with Crippen LogP contribution in [-0.4, -0.2) is 73.4 Å². The number of likely N-dealkylation sites (N-methyl/N-ethyl adjacent to an activating group) is 1. The Hall–Kier alpha value is -1.02. The summed E-state index contributed by atoms with van der Waals surface area (Å²) in [6, 6.07) is -0.846. The van der Waals surface area contributed by atoms with Gasteiger partial charge in [-0.1, -0.05) is 218 Å². The number of rotatable bonds is 47. The number of carbonyl (C=O) groups excluding carboxylic acids is 1. The second-order valence-corrected chi connectivity index (χ2v) is 20.4. The first kappa shape index (κ1) is 59.0. The second-order valence-electron chi connectivity index (χ2n) is 18.9. The molecule has 8 nitrogen and oxygen atoms in total. The molecule has 0 saturated carbocycles. The average Bonchev–Trinajstić information content (AvgIpc) is 3.20. The van der Waals surface area contributed by atoms with Gasteiger partial charge >= 0.3 is 7.82 Å². The van der Waals surface area contributed by atoms with Crippen LogP contribution in [0.4, 0.5) is 0 Å². The molecule has 0 spiro atoms. The second kappa shape index (κ2) is 43.2. The van der Waals surface area contributed by atoms with E-state index in [1.165, 1.54) is 186 Å². The Morgan fingerprint density at radius 3 is 1.28 bits per heavy atom. The Bertz CT molecular complexity index is 1030. The lowest BCUT2D eigenvalue weighted by molar-refractivity contribution is -0.870. The lowest BCUT2D eigenvalue weighted by Crippen LogP contribution is -2.45. The minimum Gasteiger partial charge on any atom is -0.387 e. The third-order valence-electron chi connectivity index (χ3n) is 11.7. The number of aliphatic hydroxyl groups excluding tert-OH is 1. The summed E-state index contributed by atoms with van der Waals surface area (Å²) in [5.74, 6) is -0.179. The van der Waals surface area contributed by atoms with Crippen LogP contribution in [0.2, 0.25) is 0 Å². The predicted molar refractivity (Wildman–Crippen MR) is 258 cm³/mol. The number of nitrogens with zero attached hydrogens (tertiary/aromatic N) is 1. The zero-order chi connectivity index (χ0) is 44.3. The van der Waals surface area contributed by atoms with Crippen LogP contribution in [0.5, 0.6) is 0 Å². The third-order valence-corrected chi connectivity index (χ3v) is 12.6. The maximum absolute atomic E-state index is 12.9. The molecule has 0 fully saturated rings. The van der Waals surface area contributed by atoms with Gasteiger partial charge in [-0.3, -0.25) is 13.8 Å². The van der Waals surface area contributed by atoms with Crippen molar-refractivity contribution in [3.05, 3.63) is 24.3 Å². The summed E-state index contributed by atoms with van der Waals surface area (Å²) in [4.78, 5) is 23.2.